The number of phenols is 1. The van der Waals surface area contributed by atoms with Crippen molar-refractivity contribution in [1.82, 2.24) is 5.48 Å². The summed E-state index contributed by atoms with van der Waals surface area (Å²) < 4.78 is 6.25. The second-order valence-corrected chi connectivity index (χ2v) is 7.13. The van der Waals surface area contributed by atoms with Gasteiger partial charge in [0.05, 0.1) is 0 Å². The molecule has 2 aromatic carbocycles. The van der Waals surface area contributed by atoms with Crippen LogP contribution in [-0.4, -0.2) is 22.3 Å². The molecule has 0 spiro atoms. The van der Waals surface area contributed by atoms with E-state index in [2.05, 4.69) is 21.2 Å². The predicted molar refractivity (Wildman–Crippen MR) is 108 cm³/mol. The molecule has 0 bridgehead atoms. The van der Waals surface area contributed by atoms with Gasteiger partial charge in [-0.3, -0.25) is 15.3 Å². The summed E-state index contributed by atoms with van der Waals surface area (Å²) >= 11 is 3.33. The number of aromatic hydroxyl groups is 1. The Labute approximate surface area is 171 Å². The smallest absolute Gasteiger partial charge is 0.412 e. The molecule has 2 rings (SSSR count). The van der Waals surface area contributed by atoms with Crippen molar-refractivity contribution in [2.24, 2.45) is 5.92 Å². The number of ether oxygens (including phenoxy) is 1. The Hall–Kier alpha value is -2.84. The number of benzene rings is 2. The highest BCUT2D eigenvalue weighted by molar-refractivity contribution is 9.10. The molecular weight excluding hydrogens is 428 g/mol. The summed E-state index contributed by atoms with van der Waals surface area (Å²) in [5.41, 5.74) is 3.48. The summed E-state index contributed by atoms with van der Waals surface area (Å²) in [6.07, 6.45) is 0.995. The number of carbonyl (C=O) groups is 2. The summed E-state index contributed by atoms with van der Waals surface area (Å²) in [6.45, 7) is 3.65. The van der Waals surface area contributed by atoms with Gasteiger partial charge >= 0.3 is 6.09 Å². The minimum atomic E-state index is -0.884. The third-order valence-electron chi connectivity index (χ3n) is 3.97. The van der Waals surface area contributed by atoms with Gasteiger partial charge in [-0.2, -0.15) is 0 Å². The van der Waals surface area contributed by atoms with Crippen LogP contribution in [0.1, 0.15) is 24.2 Å². The first kappa shape index (κ1) is 21.5. The Morgan fingerprint density at radius 1 is 1.18 bits per heavy atom. The van der Waals surface area contributed by atoms with Crippen LogP contribution in [0.15, 0.2) is 59.1 Å². The molecule has 7 nitrogen and oxygen atoms in total. The fourth-order valence-electron chi connectivity index (χ4n) is 2.48. The number of hydrogen-bond acceptors (Lipinski definition) is 5. The maximum atomic E-state index is 12.4. The number of phenolic OH excluding ortho intramolecular Hbond substituents is 1. The van der Waals surface area contributed by atoms with E-state index in [-0.39, 0.29) is 5.75 Å². The number of nitrogens with one attached hydrogen (secondary N) is 2. The Balaban J connectivity index is 2.25. The van der Waals surface area contributed by atoms with Crippen molar-refractivity contribution in [2.45, 2.75) is 20.0 Å². The molecule has 0 saturated carbocycles. The Bertz CT molecular complexity index is 867. The van der Waals surface area contributed by atoms with E-state index in [1.807, 2.05) is 19.1 Å². The van der Waals surface area contributed by atoms with E-state index in [0.29, 0.717) is 15.7 Å². The van der Waals surface area contributed by atoms with Gasteiger partial charge in [0.1, 0.15) is 11.9 Å². The van der Waals surface area contributed by atoms with Gasteiger partial charge in [0.25, 0.3) is 5.91 Å². The van der Waals surface area contributed by atoms with Gasteiger partial charge in [0.15, 0.2) is 0 Å². The highest BCUT2D eigenvalue weighted by atomic mass is 79.9. The Morgan fingerprint density at radius 3 is 2.50 bits per heavy atom. The monoisotopic (exact) mass is 448 g/mol. The van der Waals surface area contributed by atoms with Crippen molar-refractivity contribution in [3.63, 3.8) is 0 Å². The van der Waals surface area contributed by atoms with E-state index in [1.165, 1.54) is 17.6 Å². The number of amides is 2. The van der Waals surface area contributed by atoms with E-state index in [0.717, 1.165) is 11.6 Å². The molecule has 28 heavy (non-hydrogen) atoms. The maximum Gasteiger partial charge on any atom is 0.412 e. The molecule has 0 aliphatic carbocycles. The fraction of sp³-hybridized carbons (Fsp3) is 0.200. The van der Waals surface area contributed by atoms with Crippen molar-refractivity contribution in [1.29, 1.82) is 0 Å². The molecule has 2 amide bonds. The van der Waals surface area contributed by atoms with Gasteiger partial charge in [-0.05, 0) is 37.3 Å². The number of carbonyl (C=O) groups excluding carboxylic acids is 2. The average Bonchev–Trinajstić information content (AvgIpc) is 2.67. The zero-order chi connectivity index (χ0) is 20.7. The summed E-state index contributed by atoms with van der Waals surface area (Å²) in [5, 5.41) is 21.5. The van der Waals surface area contributed by atoms with E-state index in [1.54, 1.807) is 31.2 Å². The molecule has 2 aromatic rings. The SMILES string of the molecule is Cc1ccc(NC(=O)O[C@@H](c2cc(Br)ccc2O)[C@@H](C)/C=C/C(=O)NO)cc1. The second-order valence-electron chi connectivity index (χ2n) is 6.21. The minimum Gasteiger partial charge on any atom is -0.508 e. The molecule has 148 valence electrons. The van der Waals surface area contributed by atoms with Gasteiger partial charge in [-0.15, -0.1) is 0 Å². The number of rotatable bonds is 6. The molecule has 0 saturated heterocycles. The van der Waals surface area contributed by atoms with E-state index in [9.17, 15) is 14.7 Å². The molecule has 0 aliphatic rings. The highest BCUT2D eigenvalue weighted by Gasteiger charge is 2.25. The third-order valence-corrected chi connectivity index (χ3v) is 4.46. The van der Waals surface area contributed by atoms with Gasteiger partial charge in [0, 0.05) is 27.7 Å². The molecule has 0 aliphatic heterocycles. The number of aryl methyl sites for hydroxylation is 1. The molecular formula is C20H21BrN2O5. The van der Waals surface area contributed by atoms with E-state index >= 15 is 0 Å². The zero-order valence-corrected chi connectivity index (χ0v) is 16.9. The summed E-state index contributed by atoms with van der Waals surface area (Å²) in [5.74, 6) is -1.25. The van der Waals surface area contributed by atoms with Crippen molar-refractivity contribution in [3.05, 3.63) is 70.2 Å². The lowest BCUT2D eigenvalue weighted by Crippen LogP contribution is -2.22. The van der Waals surface area contributed by atoms with Crippen LogP contribution in [-0.2, 0) is 9.53 Å². The Morgan fingerprint density at radius 2 is 1.86 bits per heavy atom. The summed E-state index contributed by atoms with van der Waals surface area (Å²) in [4.78, 5) is 23.7. The number of halogens is 1. The molecule has 0 aromatic heterocycles. The molecule has 4 N–H and O–H groups in total. The highest BCUT2D eigenvalue weighted by Crippen LogP contribution is 2.35. The average molecular weight is 449 g/mol. The fourth-order valence-corrected chi connectivity index (χ4v) is 2.86. The largest absolute Gasteiger partial charge is 0.508 e. The lowest BCUT2D eigenvalue weighted by molar-refractivity contribution is -0.124. The molecule has 0 unspecified atom stereocenters. The molecule has 8 heteroatoms. The van der Waals surface area contributed by atoms with E-state index in [4.69, 9.17) is 9.94 Å². The van der Waals surface area contributed by atoms with Crippen LogP contribution >= 0.6 is 15.9 Å². The second kappa shape index (κ2) is 9.91. The molecule has 0 heterocycles. The zero-order valence-electron chi connectivity index (χ0n) is 15.3. The standard InChI is InChI=1S/C20H21BrN2O5/c1-12-3-7-15(8-4-12)22-20(26)28-19(13(2)5-10-18(25)23-27)16-11-14(21)6-9-17(16)24/h3-11,13,19,24,27H,1-2H3,(H,22,26)(H,23,25)/b10-5+/t13-,19+/m0/s1. The van der Waals surface area contributed by atoms with Crippen LogP contribution < -0.4 is 10.8 Å². The van der Waals surface area contributed by atoms with Gasteiger partial charge in [0.2, 0.25) is 0 Å². The summed E-state index contributed by atoms with van der Waals surface area (Å²) in [7, 11) is 0. The van der Waals surface area contributed by atoms with Crippen molar-refractivity contribution < 1.29 is 24.6 Å². The first-order chi connectivity index (χ1) is 13.3. The molecule has 2 atom stereocenters. The van der Waals surface area contributed by atoms with Crippen molar-refractivity contribution >= 4 is 33.6 Å². The molecule has 0 radical (unpaired) electrons. The van der Waals surface area contributed by atoms with Crippen LogP contribution in [0, 0.1) is 12.8 Å². The van der Waals surface area contributed by atoms with Crippen LogP contribution in [0.5, 0.6) is 5.75 Å². The minimum absolute atomic E-state index is 0.0526. The third kappa shape index (κ3) is 6.11. The molecule has 0 fully saturated rings. The number of hydroxylamine groups is 1. The van der Waals surface area contributed by atoms with Crippen LogP contribution in [0.25, 0.3) is 0 Å². The van der Waals surface area contributed by atoms with Gasteiger partial charge in [-0.25, -0.2) is 10.3 Å². The number of hydrogen-bond donors (Lipinski definition) is 4. The Kier molecular flexibility index (Phi) is 7.60. The lowest BCUT2D eigenvalue weighted by Gasteiger charge is -2.23. The quantitative estimate of drug-likeness (QED) is 0.296. The predicted octanol–water partition coefficient (Wildman–Crippen LogP) is 4.45. The van der Waals surface area contributed by atoms with E-state index < -0.39 is 24.0 Å². The van der Waals surface area contributed by atoms with Gasteiger partial charge < -0.3 is 9.84 Å². The van der Waals surface area contributed by atoms with Gasteiger partial charge in [-0.1, -0.05) is 46.6 Å². The van der Waals surface area contributed by atoms with Crippen LogP contribution in [0.4, 0.5) is 10.5 Å². The first-order valence-electron chi connectivity index (χ1n) is 8.45. The van der Waals surface area contributed by atoms with Crippen molar-refractivity contribution in [2.75, 3.05) is 5.32 Å². The maximum absolute atomic E-state index is 12.4. The normalized spacial score (nSPS) is 13.0. The van der Waals surface area contributed by atoms with Crippen LogP contribution in [0.3, 0.4) is 0 Å². The van der Waals surface area contributed by atoms with Crippen molar-refractivity contribution in [3.8, 4) is 5.75 Å². The van der Waals surface area contributed by atoms with Crippen LogP contribution in [0.2, 0.25) is 0 Å². The summed E-state index contributed by atoms with van der Waals surface area (Å²) in [6, 6.07) is 12.0. The lowest BCUT2D eigenvalue weighted by atomic mass is 9.96. The topological polar surface area (TPSA) is 108 Å². The number of anilines is 1. The first-order valence-corrected chi connectivity index (χ1v) is 9.24.